The molecule has 0 fully saturated rings. The monoisotopic (exact) mass is 231 g/mol. The number of halogens is 2. The third-order valence-corrected chi connectivity index (χ3v) is 2.06. The molecular formula is C10H11ClFNO2. The van der Waals surface area contributed by atoms with Crippen LogP contribution in [0.3, 0.4) is 0 Å². The average Bonchev–Trinajstić information content (AvgIpc) is 2.18. The predicted molar refractivity (Wildman–Crippen MR) is 55.4 cm³/mol. The van der Waals surface area contributed by atoms with Gasteiger partial charge in [-0.15, -0.1) is 0 Å². The molecule has 5 heteroatoms. The minimum atomic E-state index is -0.652. The largest absolute Gasteiger partial charge is 0.392 e. The topological polar surface area (TPSA) is 49.3 Å². The summed E-state index contributed by atoms with van der Waals surface area (Å²) in [5, 5.41) is 11.6. The highest BCUT2D eigenvalue weighted by Crippen LogP contribution is 2.16. The number of aliphatic hydroxyl groups excluding tert-OH is 1. The molecule has 0 aliphatic carbocycles. The summed E-state index contributed by atoms with van der Waals surface area (Å²) in [6, 6.07) is 3.54. The molecule has 2 N–H and O–H groups in total. The van der Waals surface area contributed by atoms with Gasteiger partial charge < -0.3 is 10.4 Å². The van der Waals surface area contributed by atoms with Crippen LogP contribution in [0.5, 0.6) is 0 Å². The Kier molecular flexibility index (Phi) is 4.05. The Hall–Kier alpha value is -1.13. The minimum absolute atomic E-state index is 0.0670. The standard InChI is InChI=1S/C10H11ClFNO2/c1-6(14)5-13-10(15)8-4-7(12)2-3-9(8)11/h2-4,6,14H,5H2,1H3,(H,13,15). The Morgan fingerprint density at radius 2 is 2.33 bits per heavy atom. The average molecular weight is 232 g/mol. The molecule has 0 aromatic heterocycles. The van der Waals surface area contributed by atoms with Gasteiger partial charge in [0.25, 0.3) is 5.91 Å². The third-order valence-electron chi connectivity index (χ3n) is 1.73. The Balaban J connectivity index is 2.77. The summed E-state index contributed by atoms with van der Waals surface area (Å²) < 4.78 is 12.8. The van der Waals surface area contributed by atoms with Gasteiger partial charge in [0.15, 0.2) is 0 Å². The molecule has 82 valence electrons. The fourth-order valence-corrected chi connectivity index (χ4v) is 1.21. The van der Waals surface area contributed by atoms with E-state index in [2.05, 4.69) is 5.32 Å². The van der Waals surface area contributed by atoms with Crippen molar-refractivity contribution in [1.82, 2.24) is 5.32 Å². The Bertz CT molecular complexity index is 368. The highest BCUT2D eigenvalue weighted by atomic mass is 35.5. The first-order chi connectivity index (χ1) is 7.00. The normalized spacial score (nSPS) is 12.3. The fraction of sp³-hybridized carbons (Fsp3) is 0.300. The number of rotatable bonds is 3. The number of carbonyl (C=O) groups excluding carboxylic acids is 1. The molecule has 1 aromatic rings. The SMILES string of the molecule is CC(O)CNC(=O)c1cc(F)ccc1Cl. The number of hydrogen-bond donors (Lipinski definition) is 2. The van der Waals surface area contributed by atoms with Crippen LogP contribution in [0.4, 0.5) is 4.39 Å². The van der Waals surface area contributed by atoms with E-state index in [-0.39, 0.29) is 17.1 Å². The highest BCUT2D eigenvalue weighted by Gasteiger charge is 2.11. The van der Waals surface area contributed by atoms with Crippen LogP contribution in [0.15, 0.2) is 18.2 Å². The smallest absolute Gasteiger partial charge is 0.252 e. The summed E-state index contributed by atoms with van der Waals surface area (Å²) in [7, 11) is 0. The van der Waals surface area contributed by atoms with Crippen LogP contribution in [-0.4, -0.2) is 23.7 Å². The molecule has 3 nitrogen and oxygen atoms in total. The number of benzene rings is 1. The van der Waals surface area contributed by atoms with Gasteiger partial charge in [-0.2, -0.15) is 0 Å². The first kappa shape index (κ1) is 11.9. The molecule has 0 spiro atoms. The molecule has 0 saturated carbocycles. The molecule has 1 rings (SSSR count). The first-order valence-electron chi connectivity index (χ1n) is 4.42. The lowest BCUT2D eigenvalue weighted by Crippen LogP contribution is -2.30. The molecular weight excluding hydrogens is 221 g/mol. The lowest BCUT2D eigenvalue weighted by Gasteiger charge is -2.08. The lowest BCUT2D eigenvalue weighted by atomic mass is 10.2. The molecule has 0 saturated heterocycles. The van der Waals surface area contributed by atoms with Crippen molar-refractivity contribution >= 4 is 17.5 Å². The molecule has 0 aliphatic rings. The van der Waals surface area contributed by atoms with Crippen molar-refractivity contribution in [3.63, 3.8) is 0 Å². The van der Waals surface area contributed by atoms with Crippen molar-refractivity contribution in [2.24, 2.45) is 0 Å². The summed E-state index contributed by atoms with van der Waals surface area (Å²) in [5.74, 6) is -1.03. The van der Waals surface area contributed by atoms with Crippen LogP contribution in [-0.2, 0) is 0 Å². The van der Waals surface area contributed by atoms with Crippen molar-refractivity contribution in [3.05, 3.63) is 34.6 Å². The molecule has 0 heterocycles. The van der Waals surface area contributed by atoms with E-state index in [0.29, 0.717) is 0 Å². The highest BCUT2D eigenvalue weighted by molar-refractivity contribution is 6.33. The second-order valence-corrected chi connectivity index (χ2v) is 3.59. The Morgan fingerprint density at radius 3 is 2.93 bits per heavy atom. The van der Waals surface area contributed by atoms with Gasteiger partial charge in [0, 0.05) is 6.54 Å². The van der Waals surface area contributed by atoms with E-state index in [9.17, 15) is 9.18 Å². The van der Waals surface area contributed by atoms with Gasteiger partial charge in [0.2, 0.25) is 0 Å². The van der Waals surface area contributed by atoms with Gasteiger partial charge in [-0.25, -0.2) is 4.39 Å². The quantitative estimate of drug-likeness (QED) is 0.830. The third kappa shape index (κ3) is 3.49. The van der Waals surface area contributed by atoms with Crippen molar-refractivity contribution in [3.8, 4) is 0 Å². The van der Waals surface area contributed by atoms with E-state index in [1.807, 2.05) is 0 Å². The molecule has 1 unspecified atom stereocenters. The minimum Gasteiger partial charge on any atom is -0.392 e. The summed E-state index contributed by atoms with van der Waals surface area (Å²) >= 11 is 5.72. The zero-order valence-corrected chi connectivity index (χ0v) is 8.88. The predicted octanol–water partition coefficient (Wildman–Crippen LogP) is 1.59. The van der Waals surface area contributed by atoms with E-state index in [4.69, 9.17) is 16.7 Å². The second-order valence-electron chi connectivity index (χ2n) is 3.18. The Labute approximate surface area is 91.9 Å². The zero-order valence-electron chi connectivity index (χ0n) is 8.13. The number of aliphatic hydroxyl groups is 1. The number of amides is 1. The van der Waals surface area contributed by atoms with Crippen molar-refractivity contribution in [2.75, 3.05) is 6.54 Å². The molecule has 1 aromatic carbocycles. The van der Waals surface area contributed by atoms with Gasteiger partial charge in [-0.1, -0.05) is 11.6 Å². The molecule has 0 aliphatic heterocycles. The van der Waals surface area contributed by atoms with Gasteiger partial charge in [-0.3, -0.25) is 4.79 Å². The molecule has 1 atom stereocenters. The first-order valence-corrected chi connectivity index (χ1v) is 4.80. The van der Waals surface area contributed by atoms with Crippen molar-refractivity contribution < 1.29 is 14.3 Å². The molecule has 15 heavy (non-hydrogen) atoms. The maximum atomic E-state index is 12.8. The Morgan fingerprint density at radius 1 is 1.67 bits per heavy atom. The van der Waals surface area contributed by atoms with Crippen LogP contribution in [0.1, 0.15) is 17.3 Å². The molecule has 0 bridgehead atoms. The maximum Gasteiger partial charge on any atom is 0.252 e. The van der Waals surface area contributed by atoms with Gasteiger partial charge in [0.1, 0.15) is 5.82 Å². The van der Waals surface area contributed by atoms with Crippen LogP contribution < -0.4 is 5.32 Å². The van der Waals surface area contributed by atoms with Crippen LogP contribution in [0.25, 0.3) is 0 Å². The van der Waals surface area contributed by atoms with Crippen LogP contribution >= 0.6 is 11.6 Å². The van der Waals surface area contributed by atoms with E-state index < -0.39 is 17.8 Å². The molecule has 0 radical (unpaired) electrons. The van der Waals surface area contributed by atoms with E-state index in [1.165, 1.54) is 19.1 Å². The van der Waals surface area contributed by atoms with Gasteiger partial charge >= 0.3 is 0 Å². The maximum absolute atomic E-state index is 12.8. The summed E-state index contributed by atoms with van der Waals surface area (Å²) in [6.07, 6.45) is -0.652. The van der Waals surface area contributed by atoms with Crippen LogP contribution in [0.2, 0.25) is 5.02 Å². The number of carbonyl (C=O) groups is 1. The van der Waals surface area contributed by atoms with Crippen molar-refractivity contribution in [2.45, 2.75) is 13.0 Å². The second kappa shape index (κ2) is 5.09. The van der Waals surface area contributed by atoms with E-state index in [1.54, 1.807) is 0 Å². The summed E-state index contributed by atoms with van der Waals surface area (Å²) in [4.78, 5) is 11.4. The number of nitrogens with one attached hydrogen (secondary N) is 1. The lowest BCUT2D eigenvalue weighted by molar-refractivity contribution is 0.0923. The number of hydrogen-bond acceptors (Lipinski definition) is 2. The molecule has 1 amide bonds. The van der Waals surface area contributed by atoms with Crippen molar-refractivity contribution in [1.29, 1.82) is 0 Å². The van der Waals surface area contributed by atoms with Crippen LogP contribution in [0, 0.1) is 5.82 Å². The van der Waals surface area contributed by atoms with Gasteiger partial charge in [0.05, 0.1) is 16.7 Å². The summed E-state index contributed by atoms with van der Waals surface area (Å²) in [5.41, 5.74) is 0.0670. The van der Waals surface area contributed by atoms with E-state index in [0.717, 1.165) is 6.07 Å². The summed E-state index contributed by atoms with van der Waals surface area (Å²) in [6.45, 7) is 1.64. The fourth-order valence-electron chi connectivity index (χ4n) is 1.01. The van der Waals surface area contributed by atoms with Gasteiger partial charge in [-0.05, 0) is 25.1 Å². The zero-order chi connectivity index (χ0) is 11.4. The van der Waals surface area contributed by atoms with E-state index >= 15 is 0 Å².